The van der Waals surface area contributed by atoms with Crippen LogP contribution in [0.15, 0.2) is 18.2 Å². The Balaban J connectivity index is 2.88. The van der Waals surface area contributed by atoms with Crippen molar-refractivity contribution in [1.29, 1.82) is 0 Å². The second-order valence-electron chi connectivity index (χ2n) is 7.09. The highest BCUT2D eigenvalue weighted by Crippen LogP contribution is 2.16. The number of benzene rings is 1. The number of amides is 1. The van der Waals surface area contributed by atoms with E-state index in [0.717, 1.165) is 16.8 Å². The third-order valence-electron chi connectivity index (χ3n) is 3.23. The van der Waals surface area contributed by atoms with Crippen molar-refractivity contribution in [1.82, 2.24) is 4.72 Å². The normalized spacial score (nSPS) is 14.7. The first kappa shape index (κ1) is 18.8. The Labute approximate surface area is 136 Å². The zero-order valence-electron chi connectivity index (χ0n) is 14.6. The molecule has 0 radical (unpaired) electrons. The minimum atomic E-state index is -1.29. The molecule has 22 heavy (non-hydrogen) atoms. The number of anilines is 1. The molecule has 5 heteroatoms. The van der Waals surface area contributed by atoms with Crippen LogP contribution in [0.3, 0.4) is 0 Å². The van der Waals surface area contributed by atoms with E-state index in [9.17, 15) is 9.00 Å². The molecule has 0 spiro atoms. The average molecular weight is 324 g/mol. The maximum absolute atomic E-state index is 12.5. The van der Waals surface area contributed by atoms with Crippen molar-refractivity contribution in [2.45, 2.75) is 59.3 Å². The smallest absolute Gasteiger partial charge is 0.242 e. The number of aryl methyl sites for hydroxylation is 2. The van der Waals surface area contributed by atoms with E-state index >= 15 is 0 Å². The van der Waals surface area contributed by atoms with Crippen LogP contribution in [0.1, 0.15) is 45.7 Å². The molecule has 4 nitrogen and oxygen atoms in total. The van der Waals surface area contributed by atoms with Crippen LogP contribution < -0.4 is 10.0 Å². The Kier molecular flexibility index (Phi) is 6.32. The summed E-state index contributed by atoms with van der Waals surface area (Å²) in [5, 5.41) is 2.93. The first-order valence-corrected chi connectivity index (χ1v) is 8.73. The van der Waals surface area contributed by atoms with Crippen molar-refractivity contribution in [3.05, 3.63) is 29.3 Å². The van der Waals surface area contributed by atoms with Gasteiger partial charge in [-0.3, -0.25) is 4.79 Å². The molecule has 124 valence electrons. The number of nitrogens with one attached hydrogen (secondary N) is 2. The Morgan fingerprint density at radius 3 is 2.00 bits per heavy atom. The molecule has 1 unspecified atom stereocenters. The van der Waals surface area contributed by atoms with Gasteiger partial charge in [-0.25, -0.2) is 8.93 Å². The maximum atomic E-state index is 12.5. The van der Waals surface area contributed by atoms with E-state index in [1.807, 2.05) is 60.6 Å². The lowest BCUT2D eigenvalue weighted by Crippen LogP contribution is -2.48. The predicted molar refractivity (Wildman–Crippen MR) is 94.2 cm³/mol. The predicted octanol–water partition coefficient (Wildman–Crippen LogP) is 3.32. The minimum Gasteiger partial charge on any atom is -0.325 e. The van der Waals surface area contributed by atoms with E-state index in [-0.39, 0.29) is 11.8 Å². The molecule has 0 aliphatic rings. The van der Waals surface area contributed by atoms with Gasteiger partial charge in [0.05, 0.1) is 15.7 Å². The fraction of sp³-hybridized carbons (Fsp3) is 0.588. The fourth-order valence-corrected chi connectivity index (χ4v) is 3.01. The fourth-order valence-electron chi connectivity index (χ4n) is 2.05. The van der Waals surface area contributed by atoms with Gasteiger partial charge in [-0.15, -0.1) is 0 Å². The monoisotopic (exact) mass is 324 g/mol. The lowest BCUT2D eigenvalue weighted by atomic mass is 10.0. The molecule has 0 bridgehead atoms. The van der Waals surface area contributed by atoms with E-state index in [4.69, 9.17) is 0 Å². The van der Waals surface area contributed by atoms with Gasteiger partial charge in [0.15, 0.2) is 0 Å². The summed E-state index contributed by atoms with van der Waals surface area (Å²) >= 11 is 0. The number of hydrogen-bond donors (Lipinski definition) is 2. The van der Waals surface area contributed by atoms with Gasteiger partial charge < -0.3 is 5.32 Å². The quantitative estimate of drug-likeness (QED) is 0.873. The molecular weight excluding hydrogens is 296 g/mol. The summed E-state index contributed by atoms with van der Waals surface area (Å²) in [5.41, 5.74) is 2.97. The maximum Gasteiger partial charge on any atom is 0.242 e. The summed E-state index contributed by atoms with van der Waals surface area (Å²) in [6, 6.07) is 5.43. The molecule has 1 aromatic carbocycles. The zero-order chi connectivity index (χ0) is 17.1. The standard InChI is InChI=1S/C17H28N2O2S/c1-11(2)15(19-22(21)17(5,6)7)16(20)18-14-9-12(3)8-13(4)10-14/h8-11,15,19H,1-7H3,(H,18,20)/t15-,22?/m0/s1. The van der Waals surface area contributed by atoms with Crippen LogP contribution in [-0.4, -0.2) is 20.9 Å². The molecule has 1 rings (SSSR count). The molecular formula is C17H28N2O2S. The molecule has 1 aromatic rings. The summed E-state index contributed by atoms with van der Waals surface area (Å²) < 4.78 is 14.8. The SMILES string of the molecule is Cc1cc(C)cc(NC(=O)[C@@H](NS(=O)C(C)(C)C)C(C)C)c1. The summed E-state index contributed by atoms with van der Waals surface area (Å²) in [4.78, 5) is 12.5. The van der Waals surface area contributed by atoms with Gasteiger partial charge in [0.2, 0.25) is 5.91 Å². The summed E-state index contributed by atoms with van der Waals surface area (Å²) in [5.74, 6) is -0.116. The van der Waals surface area contributed by atoms with E-state index in [0.29, 0.717) is 0 Å². The average Bonchev–Trinajstić information content (AvgIpc) is 2.32. The van der Waals surface area contributed by atoms with Crippen molar-refractivity contribution < 1.29 is 9.00 Å². The Morgan fingerprint density at radius 1 is 1.09 bits per heavy atom. The Bertz CT molecular complexity index is 542. The van der Waals surface area contributed by atoms with Crippen LogP contribution in [-0.2, 0) is 15.8 Å². The molecule has 0 aliphatic heterocycles. The molecule has 1 amide bonds. The molecule has 0 heterocycles. The summed E-state index contributed by atoms with van der Waals surface area (Å²) in [6.07, 6.45) is 0. The molecule has 0 fully saturated rings. The highest BCUT2D eigenvalue weighted by Gasteiger charge is 2.28. The van der Waals surface area contributed by atoms with Crippen LogP contribution in [0.25, 0.3) is 0 Å². The van der Waals surface area contributed by atoms with Crippen LogP contribution in [0, 0.1) is 19.8 Å². The lowest BCUT2D eigenvalue weighted by Gasteiger charge is -2.26. The molecule has 2 N–H and O–H groups in total. The molecule has 0 aliphatic carbocycles. The summed E-state index contributed by atoms with van der Waals surface area (Å²) in [6.45, 7) is 13.5. The van der Waals surface area contributed by atoms with Gasteiger partial charge in [-0.2, -0.15) is 0 Å². The van der Waals surface area contributed by atoms with Gasteiger partial charge in [0, 0.05) is 5.69 Å². The van der Waals surface area contributed by atoms with E-state index in [2.05, 4.69) is 16.1 Å². The highest BCUT2D eigenvalue weighted by molar-refractivity contribution is 7.84. The van der Waals surface area contributed by atoms with Crippen molar-refractivity contribution >= 4 is 22.6 Å². The molecule has 2 atom stereocenters. The third kappa shape index (κ3) is 5.54. The van der Waals surface area contributed by atoms with Crippen LogP contribution in [0.4, 0.5) is 5.69 Å². The lowest BCUT2D eigenvalue weighted by molar-refractivity contribution is -0.118. The van der Waals surface area contributed by atoms with E-state index in [1.54, 1.807) is 0 Å². The van der Waals surface area contributed by atoms with E-state index in [1.165, 1.54) is 0 Å². The first-order chi connectivity index (χ1) is 10.0. The zero-order valence-corrected chi connectivity index (χ0v) is 15.4. The topological polar surface area (TPSA) is 58.2 Å². The second-order valence-corrected chi connectivity index (χ2v) is 9.08. The summed E-state index contributed by atoms with van der Waals surface area (Å²) in [7, 11) is -1.29. The Hall–Kier alpha value is -1.20. The van der Waals surface area contributed by atoms with Crippen molar-refractivity contribution in [2.24, 2.45) is 5.92 Å². The highest BCUT2D eigenvalue weighted by atomic mass is 32.2. The number of hydrogen-bond acceptors (Lipinski definition) is 2. The molecule has 0 saturated carbocycles. The van der Waals surface area contributed by atoms with E-state index < -0.39 is 21.8 Å². The Morgan fingerprint density at radius 2 is 1.59 bits per heavy atom. The van der Waals surface area contributed by atoms with Gasteiger partial charge in [-0.05, 0) is 63.8 Å². The van der Waals surface area contributed by atoms with Crippen LogP contribution in [0.2, 0.25) is 0 Å². The first-order valence-electron chi connectivity index (χ1n) is 7.58. The van der Waals surface area contributed by atoms with Gasteiger partial charge in [-0.1, -0.05) is 19.9 Å². The van der Waals surface area contributed by atoms with Crippen molar-refractivity contribution in [3.63, 3.8) is 0 Å². The van der Waals surface area contributed by atoms with Crippen molar-refractivity contribution in [2.75, 3.05) is 5.32 Å². The minimum absolute atomic E-state index is 0.0391. The van der Waals surface area contributed by atoms with Crippen LogP contribution >= 0.6 is 0 Å². The van der Waals surface area contributed by atoms with Gasteiger partial charge in [0.1, 0.15) is 6.04 Å². The number of carbonyl (C=O) groups is 1. The molecule has 0 aromatic heterocycles. The van der Waals surface area contributed by atoms with Crippen molar-refractivity contribution in [3.8, 4) is 0 Å². The second kappa shape index (κ2) is 7.38. The number of rotatable bonds is 5. The number of carbonyl (C=O) groups excluding carboxylic acids is 1. The van der Waals surface area contributed by atoms with Gasteiger partial charge in [0.25, 0.3) is 0 Å². The molecule has 0 saturated heterocycles. The largest absolute Gasteiger partial charge is 0.325 e. The third-order valence-corrected chi connectivity index (χ3v) is 4.81. The van der Waals surface area contributed by atoms with Crippen LogP contribution in [0.5, 0.6) is 0 Å². The van der Waals surface area contributed by atoms with Gasteiger partial charge >= 0.3 is 0 Å².